The topological polar surface area (TPSA) is 38.0 Å². The lowest BCUT2D eigenvalue weighted by molar-refractivity contribution is 0.661. The van der Waals surface area contributed by atoms with Crippen LogP contribution in [0.3, 0.4) is 0 Å². The molecule has 0 radical (unpaired) electrons. The van der Waals surface area contributed by atoms with Crippen LogP contribution >= 0.6 is 22.9 Å². The summed E-state index contributed by atoms with van der Waals surface area (Å²) in [6.45, 7) is 6.08. The van der Waals surface area contributed by atoms with Crippen LogP contribution in [-0.4, -0.2) is 0 Å². The SMILES string of the molecule is CC(C)=CC(NN)c1scc(C)c1Cl. The van der Waals surface area contributed by atoms with E-state index in [1.54, 1.807) is 11.3 Å². The van der Waals surface area contributed by atoms with Crippen LogP contribution in [0, 0.1) is 6.92 Å². The first-order valence-corrected chi connectivity index (χ1v) is 5.66. The highest BCUT2D eigenvalue weighted by Gasteiger charge is 2.14. The molecule has 0 aliphatic heterocycles. The number of hydrogen-bond acceptors (Lipinski definition) is 3. The maximum Gasteiger partial charge on any atom is 0.0750 e. The Bertz CT molecular complexity index is 340. The summed E-state index contributed by atoms with van der Waals surface area (Å²) in [6.07, 6.45) is 2.07. The molecular weight excluding hydrogens is 216 g/mol. The summed E-state index contributed by atoms with van der Waals surface area (Å²) in [4.78, 5) is 1.08. The molecule has 0 aliphatic rings. The van der Waals surface area contributed by atoms with E-state index in [1.807, 2.05) is 26.2 Å². The van der Waals surface area contributed by atoms with Crippen LogP contribution in [0.1, 0.15) is 30.3 Å². The summed E-state index contributed by atoms with van der Waals surface area (Å²) >= 11 is 7.78. The zero-order chi connectivity index (χ0) is 10.7. The quantitative estimate of drug-likeness (QED) is 0.476. The van der Waals surface area contributed by atoms with Gasteiger partial charge in [0.25, 0.3) is 0 Å². The minimum Gasteiger partial charge on any atom is -0.271 e. The van der Waals surface area contributed by atoms with Gasteiger partial charge < -0.3 is 0 Å². The number of thiophene rings is 1. The molecule has 0 spiro atoms. The number of nitrogens with two attached hydrogens (primary N) is 1. The van der Waals surface area contributed by atoms with E-state index in [0.29, 0.717) is 0 Å². The van der Waals surface area contributed by atoms with Crippen LogP contribution in [0.5, 0.6) is 0 Å². The van der Waals surface area contributed by atoms with Crippen molar-refractivity contribution in [1.82, 2.24) is 5.43 Å². The molecule has 78 valence electrons. The second kappa shape index (κ2) is 4.94. The van der Waals surface area contributed by atoms with Crippen molar-refractivity contribution >= 4 is 22.9 Å². The van der Waals surface area contributed by atoms with Crippen LogP contribution < -0.4 is 11.3 Å². The summed E-state index contributed by atoms with van der Waals surface area (Å²) in [5, 5.41) is 2.86. The number of allylic oxidation sites excluding steroid dienone is 1. The summed E-state index contributed by atoms with van der Waals surface area (Å²) in [5.41, 5.74) is 5.08. The average molecular weight is 231 g/mol. The Hall–Kier alpha value is -0.350. The predicted molar refractivity (Wildman–Crippen MR) is 63.6 cm³/mol. The molecule has 1 atom stereocenters. The number of aryl methyl sites for hydroxylation is 1. The number of rotatable bonds is 3. The number of nitrogens with one attached hydrogen (secondary N) is 1. The second-order valence-electron chi connectivity index (χ2n) is 3.49. The molecule has 0 saturated heterocycles. The Morgan fingerprint density at radius 3 is 2.64 bits per heavy atom. The molecule has 0 fully saturated rings. The van der Waals surface area contributed by atoms with E-state index in [0.717, 1.165) is 15.5 Å². The summed E-state index contributed by atoms with van der Waals surface area (Å²) in [7, 11) is 0. The molecule has 14 heavy (non-hydrogen) atoms. The van der Waals surface area contributed by atoms with Crippen molar-refractivity contribution in [3.8, 4) is 0 Å². The molecule has 2 nitrogen and oxygen atoms in total. The lowest BCUT2D eigenvalue weighted by Gasteiger charge is -2.10. The molecule has 1 heterocycles. The lowest BCUT2D eigenvalue weighted by Crippen LogP contribution is -2.26. The average Bonchev–Trinajstić information content (AvgIpc) is 2.44. The zero-order valence-corrected chi connectivity index (χ0v) is 10.2. The highest BCUT2D eigenvalue weighted by molar-refractivity contribution is 7.10. The largest absolute Gasteiger partial charge is 0.271 e. The minimum absolute atomic E-state index is 0.0196. The van der Waals surface area contributed by atoms with Gasteiger partial charge in [0, 0.05) is 4.88 Å². The van der Waals surface area contributed by atoms with Gasteiger partial charge in [-0.3, -0.25) is 5.84 Å². The van der Waals surface area contributed by atoms with E-state index in [4.69, 9.17) is 17.4 Å². The van der Waals surface area contributed by atoms with Crippen molar-refractivity contribution in [2.75, 3.05) is 0 Å². The van der Waals surface area contributed by atoms with Crippen molar-refractivity contribution in [1.29, 1.82) is 0 Å². The molecule has 1 aromatic heterocycles. The summed E-state index contributed by atoms with van der Waals surface area (Å²) in [5.74, 6) is 5.48. The molecule has 1 rings (SSSR count). The number of hydrazine groups is 1. The number of halogens is 1. The molecule has 1 unspecified atom stereocenters. The van der Waals surface area contributed by atoms with Gasteiger partial charge in [0.2, 0.25) is 0 Å². The van der Waals surface area contributed by atoms with Crippen molar-refractivity contribution in [3.05, 3.63) is 32.5 Å². The molecule has 0 bridgehead atoms. The van der Waals surface area contributed by atoms with Gasteiger partial charge in [-0.1, -0.05) is 23.3 Å². The first kappa shape index (κ1) is 11.7. The van der Waals surface area contributed by atoms with Gasteiger partial charge in [-0.2, -0.15) is 0 Å². The van der Waals surface area contributed by atoms with Crippen molar-refractivity contribution in [2.45, 2.75) is 26.8 Å². The van der Waals surface area contributed by atoms with Crippen LogP contribution in [0.25, 0.3) is 0 Å². The van der Waals surface area contributed by atoms with E-state index in [2.05, 4.69) is 11.5 Å². The number of hydrogen-bond donors (Lipinski definition) is 2. The first-order chi connectivity index (χ1) is 6.56. The molecule has 0 aromatic carbocycles. The van der Waals surface area contributed by atoms with Gasteiger partial charge in [0.15, 0.2) is 0 Å². The molecule has 3 N–H and O–H groups in total. The van der Waals surface area contributed by atoms with Gasteiger partial charge in [0.1, 0.15) is 0 Å². The van der Waals surface area contributed by atoms with Crippen molar-refractivity contribution in [2.24, 2.45) is 5.84 Å². The Labute approximate surface area is 93.7 Å². The van der Waals surface area contributed by atoms with Crippen LogP contribution in [0.15, 0.2) is 17.0 Å². The van der Waals surface area contributed by atoms with E-state index in [9.17, 15) is 0 Å². The highest BCUT2D eigenvalue weighted by atomic mass is 35.5. The summed E-state index contributed by atoms with van der Waals surface area (Å²) in [6, 6.07) is 0.0196. The standard InChI is InChI=1S/C10H15ClN2S/c1-6(2)4-8(13-12)10-9(11)7(3)5-14-10/h4-5,8,13H,12H2,1-3H3. The molecule has 0 saturated carbocycles. The maximum absolute atomic E-state index is 6.15. The fourth-order valence-corrected chi connectivity index (χ4v) is 2.53. The maximum atomic E-state index is 6.15. The fraction of sp³-hybridized carbons (Fsp3) is 0.400. The molecule has 4 heteroatoms. The van der Waals surface area contributed by atoms with Gasteiger partial charge >= 0.3 is 0 Å². The Morgan fingerprint density at radius 2 is 2.29 bits per heavy atom. The van der Waals surface area contributed by atoms with E-state index in [-0.39, 0.29) is 6.04 Å². The van der Waals surface area contributed by atoms with E-state index in [1.165, 1.54) is 5.57 Å². The third kappa shape index (κ3) is 2.58. The Morgan fingerprint density at radius 1 is 1.64 bits per heavy atom. The smallest absolute Gasteiger partial charge is 0.0750 e. The van der Waals surface area contributed by atoms with Crippen molar-refractivity contribution in [3.63, 3.8) is 0 Å². The van der Waals surface area contributed by atoms with Gasteiger partial charge in [-0.25, -0.2) is 5.43 Å². The van der Waals surface area contributed by atoms with Gasteiger partial charge in [-0.05, 0) is 31.7 Å². The fourth-order valence-electron chi connectivity index (χ4n) is 1.19. The monoisotopic (exact) mass is 230 g/mol. The van der Waals surface area contributed by atoms with Crippen LogP contribution in [0.2, 0.25) is 5.02 Å². The lowest BCUT2D eigenvalue weighted by atomic mass is 10.1. The first-order valence-electron chi connectivity index (χ1n) is 4.41. The molecule has 1 aromatic rings. The zero-order valence-electron chi connectivity index (χ0n) is 8.60. The minimum atomic E-state index is 0.0196. The molecule has 0 aliphatic carbocycles. The van der Waals surface area contributed by atoms with E-state index >= 15 is 0 Å². The second-order valence-corrected chi connectivity index (χ2v) is 4.77. The van der Waals surface area contributed by atoms with Crippen LogP contribution in [-0.2, 0) is 0 Å². The van der Waals surface area contributed by atoms with Crippen LogP contribution in [0.4, 0.5) is 0 Å². The van der Waals surface area contributed by atoms with Gasteiger partial charge in [0.05, 0.1) is 11.1 Å². The third-order valence-corrected chi connectivity index (χ3v) is 3.68. The normalized spacial score (nSPS) is 12.6. The Balaban J connectivity index is 3.01. The summed E-state index contributed by atoms with van der Waals surface area (Å²) < 4.78 is 0. The molecular formula is C10H15ClN2S. The van der Waals surface area contributed by atoms with Gasteiger partial charge in [-0.15, -0.1) is 11.3 Å². The Kier molecular flexibility index (Phi) is 4.13. The molecule has 0 amide bonds. The third-order valence-electron chi connectivity index (χ3n) is 1.89. The van der Waals surface area contributed by atoms with E-state index < -0.39 is 0 Å². The predicted octanol–water partition coefficient (Wildman–Crippen LogP) is 3.18. The highest BCUT2D eigenvalue weighted by Crippen LogP contribution is 2.33. The van der Waals surface area contributed by atoms with Crippen molar-refractivity contribution < 1.29 is 0 Å².